The fourth-order valence-corrected chi connectivity index (χ4v) is 2.50. The molecule has 142 valence electrons. The summed E-state index contributed by atoms with van der Waals surface area (Å²) in [7, 11) is 1.32. The minimum atomic E-state index is -1.07. The highest BCUT2D eigenvalue weighted by Crippen LogP contribution is 2.27. The van der Waals surface area contributed by atoms with E-state index in [-0.39, 0.29) is 6.61 Å². The summed E-state index contributed by atoms with van der Waals surface area (Å²) in [4.78, 5) is 45.5. The van der Waals surface area contributed by atoms with Crippen molar-refractivity contribution in [1.29, 1.82) is 0 Å². The van der Waals surface area contributed by atoms with E-state index in [9.17, 15) is 19.2 Å². The summed E-state index contributed by atoms with van der Waals surface area (Å²) in [6, 6.07) is -0.954. The summed E-state index contributed by atoms with van der Waals surface area (Å²) >= 11 is 0. The van der Waals surface area contributed by atoms with Crippen LogP contribution in [0.5, 0.6) is 0 Å². The number of nitrogens with one attached hydrogen (secondary N) is 1. The summed E-state index contributed by atoms with van der Waals surface area (Å²) in [5, 5.41) is 2.58. The van der Waals surface area contributed by atoms with Gasteiger partial charge in [-0.15, -0.1) is 0 Å². The highest BCUT2D eigenvalue weighted by molar-refractivity contribution is 5.74. The molecule has 1 fully saturated rings. The van der Waals surface area contributed by atoms with Gasteiger partial charge in [0, 0.05) is 34.8 Å². The molecule has 0 aliphatic carbocycles. The molecule has 0 aromatic rings. The Morgan fingerprint density at radius 1 is 0.920 bits per heavy atom. The molecule has 1 saturated heterocycles. The van der Waals surface area contributed by atoms with E-state index in [0.29, 0.717) is 0 Å². The summed E-state index contributed by atoms with van der Waals surface area (Å²) in [5.41, 5.74) is 0. The molecule has 0 saturated carbocycles. The Morgan fingerprint density at radius 2 is 1.48 bits per heavy atom. The second kappa shape index (κ2) is 9.33. The molecule has 10 heteroatoms. The van der Waals surface area contributed by atoms with Gasteiger partial charge in [0.15, 0.2) is 18.5 Å². The van der Waals surface area contributed by atoms with Crippen molar-refractivity contribution in [1.82, 2.24) is 5.32 Å². The maximum Gasteiger partial charge on any atom is 0.303 e. The number of amides is 1. The zero-order valence-electron chi connectivity index (χ0n) is 14.8. The molecule has 5 atom stereocenters. The first-order chi connectivity index (χ1) is 11.6. The first-order valence-electron chi connectivity index (χ1n) is 7.58. The van der Waals surface area contributed by atoms with Gasteiger partial charge < -0.3 is 29.0 Å². The van der Waals surface area contributed by atoms with E-state index in [1.807, 2.05) is 0 Å². The molecule has 0 aromatic carbocycles. The van der Waals surface area contributed by atoms with Crippen molar-refractivity contribution in [2.75, 3.05) is 13.7 Å². The molecular weight excluding hydrogens is 338 g/mol. The topological polar surface area (TPSA) is 126 Å². The fourth-order valence-electron chi connectivity index (χ4n) is 2.50. The van der Waals surface area contributed by atoms with Crippen LogP contribution in [0.1, 0.15) is 27.7 Å². The van der Waals surface area contributed by atoms with E-state index in [2.05, 4.69) is 5.32 Å². The highest BCUT2D eigenvalue weighted by Gasteiger charge is 2.50. The van der Waals surface area contributed by atoms with Crippen LogP contribution in [0, 0.1) is 0 Å². The molecule has 0 aromatic heterocycles. The van der Waals surface area contributed by atoms with E-state index in [4.69, 9.17) is 23.7 Å². The van der Waals surface area contributed by atoms with E-state index in [0.717, 1.165) is 0 Å². The minimum Gasteiger partial charge on any atom is -0.463 e. The third-order valence-corrected chi connectivity index (χ3v) is 3.31. The molecule has 0 spiro atoms. The van der Waals surface area contributed by atoms with Crippen LogP contribution in [-0.2, 0) is 42.9 Å². The fraction of sp³-hybridized carbons (Fsp3) is 0.733. The quantitative estimate of drug-likeness (QED) is 0.482. The maximum absolute atomic E-state index is 11.6. The Bertz CT molecular complexity index is 521. The molecule has 1 amide bonds. The Hall–Kier alpha value is -2.20. The van der Waals surface area contributed by atoms with E-state index < -0.39 is 54.5 Å². The summed E-state index contributed by atoms with van der Waals surface area (Å²) in [6.07, 6.45) is -4.12. The first-order valence-corrected chi connectivity index (χ1v) is 7.58. The Morgan fingerprint density at radius 3 is 1.92 bits per heavy atom. The minimum absolute atomic E-state index is 0.240. The van der Waals surface area contributed by atoms with Gasteiger partial charge in [-0.05, 0) is 0 Å². The van der Waals surface area contributed by atoms with Crippen LogP contribution < -0.4 is 5.32 Å². The lowest BCUT2D eigenvalue weighted by Gasteiger charge is -2.44. The van der Waals surface area contributed by atoms with Gasteiger partial charge in [-0.1, -0.05) is 0 Å². The summed E-state index contributed by atoms with van der Waals surface area (Å²) in [6.45, 7) is 4.59. The molecular formula is C15H23NO9. The lowest BCUT2D eigenvalue weighted by atomic mass is 9.95. The van der Waals surface area contributed by atoms with Crippen molar-refractivity contribution in [2.45, 2.75) is 58.3 Å². The molecule has 1 rings (SSSR count). The largest absolute Gasteiger partial charge is 0.463 e. The molecule has 1 heterocycles. The first kappa shape index (κ1) is 20.8. The molecule has 0 radical (unpaired) electrons. The molecule has 1 aliphatic heterocycles. The molecule has 25 heavy (non-hydrogen) atoms. The number of esters is 3. The van der Waals surface area contributed by atoms with Crippen LogP contribution in [0.15, 0.2) is 0 Å². The van der Waals surface area contributed by atoms with Gasteiger partial charge in [0.05, 0.1) is 0 Å². The van der Waals surface area contributed by atoms with Crippen molar-refractivity contribution in [3.63, 3.8) is 0 Å². The van der Waals surface area contributed by atoms with Crippen LogP contribution in [0.2, 0.25) is 0 Å². The van der Waals surface area contributed by atoms with E-state index in [1.54, 1.807) is 0 Å². The normalized spacial score (nSPS) is 28.6. The molecule has 1 aliphatic rings. The van der Waals surface area contributed by atoms with Crippen molar-refractivity contribution in [3.05, 3.63) is 0 Å². The number of rotatable bonds is 6. The number of hydrogen-bond donors (Lipinski definition) is 1. The Balaban J connectivity index is 3.18. The third-order valence-electron chi connectivity index (χ3n) is 3.31. The Kier molecular flexibility index (Phi) is 7.78. The van der Waals surface area contributed by atoms with Gasteiger partial charge >= 0.3 is 17.9 Å². The van der Waals surface area contributed by atoms with Gasteiger partial charge in [0.25, 0.3) is 0 Å². The smallest absolute Gasteiger partial charge is 0.303 e. The SMILES string of the molecule is COC1OC(COC(C)=O)C(OC(C)=O)C(NC(C)=O)C1OC(C)=O. The van der Waals surface area contributed by atoms with Crippen LogP contribution in [-0.4, -0.2) is 68.2 Å². The van der Waals surface area contributed by atoms with E-state index >= 15 is 0 Å². The second-order valence-electron chi connectivity index (χ2n) is 5.46. The Labute approximate surface area is 145 Å². The molecule has 1 N–H and O–H groups in total. The predicted octanol–water partition coefficient (Wildman–Crippen LogP) is -0.711. The van der Waals surface area contributed by atoms with Gasteiger partial charge in [0.2, 0.25) is 5.91 Å². The second-order valence-corrected chi connectivity index (χ2v) is 5.46. The van der Waals surface area contributed by atoms with Crippen molar-refractivity contribution in [2.24, 2.45) is 0 Å². The molecule has 10 nitrogen and oxygen atoms in total. The average molecular weight is 361 g/mol. The van der Waals surface area contributed by atoms with Crippen LogP contribution in [0.25, 0.3) is 0 Å². The van der Waals surface area contributed by atoms with Crippen LogP contribution in [0.4, 0.5) is 0 Å². The summed E-state index contributed by atoms with van der Waals surface area (Å²) < 4.78 is 26.1. The van der Waals surface area contributed by atoms with Gasteiger partial charge in [-0.25, -0.2) is 0 Å². The molecule has 5 unspecified atom stereocenters. The number of carbonyl (C=O) groups excluding carboxylic acids is 4. The van der Waals surface area contributed by atoms with Crippen molar-refractivity contribution in [3.8, 4) is 0 Å². The number of ether oxygens (including phenoxy) is 5. The third kappa shape index (κ3) is 6.31. The lowest BCUT2D eigenvalue weighted by Crippen LogP contribution is -2.66. The van der Waals surface area contributed by atoms with Crippen LogP contribution >= 0.6 is 0 Å². The lowest BCUT2D eigenvalue weighted by molar-refractivity contribution is -0.279. The maximum atomic E-state index is 11.6. The zero-order valence-corrected chi connectivity index (χ0v) is 14.8. The monoisotopic (exact) mass is 361 g/mol. The number of methoxy groups -OCH3 is 1. The number of hydrogen-bond acceptors (Lipinski definition) is 9. The van der Waals surface area contributed by atoms with Gasteiger partial charge in [-0.2, -0.15) is 0 Å². The standard InChI is InChI=1S/C15H23NO9/c1-7(17)16-12-13(23-9(3)19)11(6-22-8(2)18)25-15(21-5)14(12)24-10(4)20/h11-15H,6H2,1-5H3,(H,16,17). The van der Waals surface area contributed by atoms with Crippen molar-refractivity contribution >= 4 is 23.8 Å². The van der Waals surface area contributed by atoms with Gasteiger partial charge in [-0.3, -0.25) is 19.2 Å². The predicted molar refractivity (Wildman–Crippen MR) is 81.0 cm³/mol. The number of carbonyl (C=O) groups is 4. The molecule has 0 bridgehead atoms. The van der Waals surface area contributed by atoms with Gasteiger partial charge in [0.1, 0.15) is 18.8 Å². The summed E-state index contributed by atoms with van der Waals surface area (Å²) in [5.74, 6) is -2.28. The average Bonchev–Trinajstić information content (AvgIpc) is 2.48. The highest BCUT2D eigenvalue weighted by atomic mass is 16.7. The van der Waals surface area contributed by atoms with E-state index in [1.165, 1.54) is 34.8 Å². The van der Waals surface area contributed by atoms with Crippen LogP contribution in [0.3, 0.4) is 0 Å². The van der Waals surface area contributed by atoms with Crippen molar-refractivity contribution < 1.29 is 42.9 Å². The zero-order chi connectivity index (χ0) is 19.1.